The van der Waals surface area contributed by atoms with Gasteiger partial charge in [0, 0.05) is 65.8 Å². The van der Waals surface area contributed by atoms with E-state index in [1.54, 1.807) is 0 Å². The molecule has 0 N–H and O–H groups in total. The van der Waals surface area contributed by atoms with Gasteiger partial charge < -0.3 is 13.4 Å². The molecule has 4 heterocycles. The molecule has 0 saturated carbocycles. The summed E-state index contributed by atoms with van der Waals surface area (Å²) < 4.78 is 16.0. The molecule has 0 aliphatic rings. The molecule has 0 unspecified atom stereocenters. The van der Waals surface area contributed by atoms with Gasteiger partial charge in [-0.25, -0.2) is 15.0 Å². The Kier molecular flexibility index (Phi) is 8.79. The third-order valence-corrected chi connectivity index (χ3v) is 13.5. The van der Waals surface area contributed by atoms with Crippen molar-refractivity contribution in [2.75, 3.05) is 0 Å². The topological polar surface area (TPSA) is 69.9 Å². The molecule has 0 saturated heterocycles. The first-order chi connectivity index (χ1) is 34.2. The zero-order valence-electron chi connectivity index (χ0n) is 37.0. The van der Waals surface area contributed by atoms with Gasteiger partial charge in [0.1, 0.15) is 22.3 Å². The fraction of sp³-hybridized carbons (Fsp3) is 0. The highest BCUT2D eigenvalue weighted by atomic mass is 16.3. The third-order valence-electron chi connectivity index (χ3n) is 13.5. The Bertz CT molecular complexity index is 4290. The first kappa shape index (κ1) is 38.8. The number of hydrogen-bond donors (Lipinski definition) is 0. The largest absolute Gasteiger partial charge is 0.456 e. The van der Waals surface area contributed by atoms with Crippen molar-refractivity contribution in [3.05, 3.63) is 231 Å². The summed E-state index contributed by atoms with van der Waals surface area (Å²) in [4.78, 5) is 15.7. The average Bonchev–Trinajstić information content (AvgIpc) is 4.11. The zero-order chi connectivity index (χ0) is 45.4. The van der Waals surface area contributed by atoms with Gasteiger partial charge in [0.25, 0.3) is 0 Å². The molecule has 0 bridgehead atoms. The zero-order valence-corrected chi connectivity index (χ0v) is 37.0. The number of rotatable bonds is 7. The van der Waals surface area contributed by atoms with Gasteiger partial charge in [-0.15, -0.1) is 0 Å². The maximum absolute atomic E-state index is 7.34. The summed E-state index contributed by atoms with van der Waals surface area (Å²) in [6, 6.07) is 80.3. The summed E-state index contributed by atoms with van der Waals surface area (Å²) in [5.41, 5.74) is 15.5. The maximum Gasteiger partial charge on any atom is 0.164 e. The van der Waals surface area contributed by atoms with Gasteiger partial charge in [0.15, 0.2) is 17.5 Å². The van der Waals surface area contributed by atoms with Crippen LogP contribution < -0.4 is 0 Å². The third kappa shape index (κ3) is 6.38. The lowest BCUT2D eigenvalue weighted by Gasteiger charge is -2.11. The first-order valence-electron chi connectivity index (χ1n) is 23.2. The Morgan fingerprint density at radius 2 is 0.826 bits per heavy atom. The fourth-order valence-corrected chi connectivity index (χ4v) is 10.2. The summed E-state index contributed by atoms with van der Waals surface area (Å²) in [6.45, 7) is 0. The van der Waals surface area contributed by atoms with E-state index in [0.29, 0.717) is 17.5 Å². The monoisotopic (exact) mass is 882 g/mol. The average molecular weight is 883 g/mol. The van der Waals surface area contributed by atoms with Crippen molar-refractivity contribution in [3.8, 4) is 73.2 Å². The highest BCUT2D eigenvalue weighted by molar-refractivity contribution is 6.19. The Labute approximate surface area is 396 Å². The van der Waals surface area contributed by atoms with Gasteiger partial charge in [-0.1, -0.05) is 176 Å². The van der Waals surface area contributed by atoms with Crippen LogP contribution in [0.5, 0.6) is 0 Å². The summed E-state index contributed by atoms with van der Waals surface area (Å²) in [5, 5.41) is 6.41. The molecule has 0 spiro atoms. The van der Waals surface area contributed by atoms with Gasteiger partial charge in [-0.3, -0.25) is 0 Å². The Hall–Kier alpha value is -9.39. The Morgan fingerprint density at radius 3 is 1.62 bits per heavy atom. The van der Waals surface area contributed by atoms with Crippen LogP contribution in [-0.4, -0.2) is 19.5 Å². The lowest BCUT2D eigenvalue weighted by Crippen LogP contribution is -2.00. The molecular formula is C63H38N4O2. The standard InChI is InChI=1S/C63H38N4O2/c1-4-15-39(16-5-1)40-27-29-42(30-28-40)62-64-61(41-17-6-2-7-18-41)65-63(66-62)52-35-34-47(43-32-36-57-53(37-43)50-22-11-13-26-56(50)68-57)60-58(52)51-24-14-23-46(59(51)69-60)44-31-33-49-48-21-10-12-25-54(48)67(55(49)38-44)45-19-8-3-9-20-45/h1-38H. The first-order valence-corrected chi connectivity index (χ1v) is 23.2. The number of hydrogen-bond acceptors (Lipinski definition) is 5. The number of para-hydroxylation sites is 4. The maximum atomic E-state index is 7.34. The van der Waals surface area contributed by atoms with Crippen molar-refractivity contribution in [3.63, 3.8) is 0 Å². The van der Waals surface area contributed by atoms with E-state index in [2.05, 4.69) is 187 Å². The molecular weight excluding hydrogens is 845 g/mol. The lowest BCUT2D eigenvalue weighted by molar-refractivity contribution is 0.668. The summed E-state index contributed by atoms with van der Waals surface area (Å²) >= 11 is 0. The van der Waals surface area contributed by atoms with Crippen LogP contribution in [0.1, 0.15) is 0 Å². The molecule has 6 heteroatoms. The van der Waals surface area contributed by atoms with E-state index in [0.717, 1.165) is 111 Å². The summed E-state index contributed by atoms with van der Waals surface area (Å²) in [5.74, 6) is 1.73. The van der Waals surface area contributed by atoms with Gasteiger partial charge in [0.2, 0.25) is 0 Å². The quantitative estimate of drug-likeness (QED) is 0.159. The molecule has 322 valence electrons. The highest BCUT2D eigenvalue weighted by Crippen LogP contribution is 2.46. The molecule has 4 aromatic heterocycles. The van der Waals surface area contributed by atoms with Crippen LogP contribution >= 0.6 is 0 Å². The summed E-state index contributed by atoms with van der Waals surface area (Å²) in [7, 11) is 0. The van der Waals surface area contributed by atoms with E-state index >= 15 is 0 Å². The van der Waals surface area contributed by atoms with E-state index in [4.69, 9.17) is 23.8 Å². The van der Waals surface area contributed by atoms with Crippen LogP contribution in [-0.2, 0) is 0 Å². The Balaban J connectivity index is 1.01. The second kappa shape index (κ2) is 15.6. The Morgan fingerprint density at radius 1 is 0.290 bits per heavy atom. The van der Waals surface area contributed by atoms with Crippen LogP contribution in [0.3, 0.4) is 0 Å². The normalized spacial score (nSPS) is 11.8. The van der Waals surface area contributed by atoms with Gasteiger partial charge >= 0.3 is 0 Å². The van der Waals surface area contributed by atoms with Crippen LogP contribution in [0.4, 0.5) is 0 Å². The second-order valence-electron chi connectivity index (χ2n) is 17.5. The second-order valence-corrected chi connectivity index (χ2v) is 17.5. The minimum atomic E-state index is 0.556. The van der Waals surface area contributed by atoms with Crippen molar-refractivity contribution in [2.24, 2.45) is 0 Å². The smallest absolute Gasteiger partial charge is 0.164 e. The number of benzene rings is 10. The SMILES string of the molecule is c1ccc(-c2ccc(-c3nc(-c4ccccc4)nc(-c4ccc(-c5ccc6oc7ccccc7c6c5)c5oc6c(-c7ccc8c9ccccc9n(-c9ccccc9)c8c7)cccc6c45)n3)cc2)cc1. The lowest BCUT2D eigenvalue weighted by atomic mass is 9.95. The molecule has 0 amide bonds. The van der Waals surface area contributed by atoms with Crippen molar-refractivity contribution >= 4 is 65.7 Å². The van der Waals surface area contributed by atoms with E-state index in [1.165, 1.54) is 10.8 Å². The van der Waals surface area contributed by atoms with Crippen molar-refractivity contribution in [2.45, 2.75) is 0 Å². The predicted molar refractivity (Wildman–Crippen MR) is 281 cm³/mol. The molecule has 10 aromatic carbocycles. The molecule has 0 aliphatic heterocycles. The van der Waals surface area contributed by atoms with E-state index in [9.17, 15) is 0 Å². The van der Waals surface area contributed by atoms with Crippen LogP contribution in [0, 0.1) is 0 Å². The molecule has 0 aliphatic carbocycles. The number of fused-ring (bicyclic) bond motifs is 9. The molecule has 6 nitrogen and oxygen atoms in total. The number of nitrogens with zero attached hydrogens (tertiary/aromatic N) is 4. The van der Waals surface area contributed by atoms with Crippen LogP contribution in [0.15, 0.2) is 239 Å². The van der Waals surface area contributed by atoms with Crippen molar-refractivity contribution in [1.82, 2.24) is 19.5 Å². The molecule has 0 fully saturated rings. The molecule has 0 radical (unpaired) electrons. The fourth-order valence-electron chi connectivity index (χ4n) is 10.2. The minimum Gasteiger partial charge on any atom is -0.456 e. The number of aromatic nitrogens is 4. The number of furan rings is 2. The summed E-state index contributed by atoms with van der Waals surface area (Å²) in [6.07, 6.45) is 0. The van der Waals surface area contributed by atoms with Crippen molar-refractivity contribution in [1.29, 1.82) is 0 Å². The van der Waals surface area contributed by atoms with E-state index in [-0.39, 0.29) is 0 Å². The highest BCUT2D eigenvalue weighted by Gasteiger charge is 2.24. The molecule has 14 rings (SSSR count). The van der Waals surface area contributed by atoms with Gasteiger partial charge in [-0.05, 0) is 76.9 Å². The molecule has 14 aromatic rings. The van der Waals surface area contributed by atoms with Crippen molar-refractivity contribution < 1.29 is 8.83 Å². The van der Waals surface area contributed by atoms with E-state index in [1.807, 2.05) is 48.5 Å². The van der Waals surface area contributed by atoms with E-state index < -0.39 is 0 Å². The van der Waals surface area contributed by atoms with Gasteiger partial charge in [-0.2, -0.15) is 0 Å². The predicted octanol–water partition coefficient (Wildman–Crippen LogP) is 16.8. The van der Waals surface area contributed by atoms with Gasteiger partial charge in [0.05, 0.1) is 11.0 Å². The van der Waals surface area contributed by atoms with Crippen LogP contribution in [0.2, 0.25) is 0 Å². The van der Waals surface area contributed by atoms with Crippen LogP contribution in [0.25, 0.3) is 139 Å². The minimum absolute atomic E-state index is 0.556. The molecule has 69 heavy (non-hydrogen) atoms. The molecule has 0 atom stereocenters.